The Bertz CT molecular complexity index is 893. The summed E-state index contributed by atoms with van der Waals surface area (Å²) >= 11 is 0. The molecule has 8 heteroatoms. The summed E-state index contributed by atoms with van der Waals surface area (Å²) in [6.45, 7) is 0. The van der Waals surface area contributed by atoms with Gasteiger partial charge in [-0.1, -0.05) is 0 Å². The van der Waals surface area contributed by atoms with E-state index in [0.717, 1.165) is 24.3 Å². The number of nitrogens with zero attached hydrogens (tertiary/aromatic N) is 1. The van der Waals surface area contributed by atoms with Crippen LogP contribution in [0.4, 0.5) is 18.9 Å². The highest BCUT2D eigenvalue weighted by Crippen LogP contribution is 2.38. The molecule has 1 aliphatic heterocycles. The average molecular weight is 321 g/mol. The van der Waals surface area contributed by atoms with Crippen molar-refractivity contribution in [2.24, 2.45) is 0 Å². The summed E-state index contributed by atoms with van der Waals surface area (Å²) in [4.78, 5) is 21.9. The van der Waals surface area contributed by atoms with Crippen molar-refractivity contribution in [1.29, 1.82) is 0 Å². The Morgan fingerprint density at radius 2 is 1.83 bits per heavy atom. The lowest BCUT2D eigenvalue weighted by Gasteiger charge is -2.02. The second-order valence-corrected chi connectivity index (χ2v) is 4.67. The molecule has 0 atom stereocenters. The number of ether oxygens (including phenoxy) is 1. The van der Waals surface area contributed by atoms with Crippen LogP contribution in [0.5, 0.6) is 0 Å². The quantitative estimate of drug-likeness (QED) is 0.481. The number of benzene rings is 2. The van der Waals surface area contributed by atoms with Crippen LogP contribution in [0.15, 0.2) is 30.3 Å². The minimum absolute atomic E-state index is 0.138. The molecule has 0 spiro atoms. The summed E-state index contributed by atoms with van der Waals surface area (Å²) < 4.78 is 44.8. The van der Waals surface area contributed by atoms with Gasteiger partial charge in [0.2, 0.25) is 0 Å². The Morgan fingerprint density at radius 1 is 1.09 bits per heavy atom. The number of carbonyl (C=O) groups is 1. The number of cyclic esters (lactones) is 1. The SMILES string of the molecule is O=C1O/C(=C\c2ccc(F)cc2F)c2c1cc(F)cc2[N+](=O)[O-]. The molecule has 2 aromatic rings. The van der Waals surface area contributed by atoms with Crippen LogP contribution < -0.4 is 0 Å². The van der Waals surface area contributed by atoms with E-state index in [-0.39, 0.29) is 22.4 Å². The van der Waals surface area contributed by atoms with Crippen molar-refractivity contribution >= 4 is 23.5 Å². The van der Waals surface area contributed by atoms with Crippen molar-refractivity contribution in [2.45, 2.75) is 0 Å². The first-order valence-corrected chi connectivity index (χ1v) is 6.24. The summed E-state index contributed by atoms with van der Waals surface area (Å²) in [6, 6.07) is 4.11. The second kappa shape index (κ2) is 5.24. The zero-order chi connectivity index (χ0) is 16.7. The molecule has 0 saturated heterocycles. The molecule has 0 bridgehead atoms. The van der Waals surface area contributed by atoms with Gasteiger partial charge < -0.3 is 4.74 Å². The molecule has 3 rings (SSSR count). The van der Waals surface area contributed by atoms with Crippen LogP contribution in [0.3, 0.4) is 0 Å². The third-order valence-corrected chi connectivity index (χ3v) is 3.20. The normalized spacial score (nSPS) is 14.7. The molecule has 0 saturated carbocycles. The predicted molar refractivity (Wildman–Crippen MR) is 72.7 cm³/mol. The Hall–Kier alpha value is -3.16. The number of halogens is 3. The number of fused-ring (bicyclic) bond motifs is 1. The first-order chi connectivity index (χ1) is 10.9. The molecule has 5 nitrogen and oxygen atoms in total. The molecule has 116 valence electrons. The fraction of sp³-hybridized carbons (Fsp3) is 0. The minimum Gasteiger partial charge on any atom is -0.422 e. The molecule has 0 aliphatic carbocycles. The van der Waals surface area contributed by atoms with Crippen LogP contribution in [0.2, 0.25) is 0 Å². The van der Waals surface area contributed by atoms with E-state index in [9.17, 15) is 28.1 Å². The van der Waals surface area contributed by atoms with Gasteiger partial charge in [-0.05, 0) is 24.3 Å². The van der Waals surface area contributed by atoms with Crippen molar-refractivity contribution in [3.05, 3.63) is 74.6 Å². The molecule has 0 N–H and O–H groups in total. The van der Waals surface area contributed by atoms with Crippen molar-refractivity contribution in [3.8, 4) is 0 Å². The lowest BCUT2D eigenvalue weighted by molar-refractivity contribution is -0.385. The van der Waals surface area contributed by atoms with Crippen LogP contribution in [0.25, 0.3) is 11.8 Å². The lowest BCUT2D eigenvalue weighted by atomic mass is 10.0. The maximum atomic E-state index is 13.7. The Labute approximate surface area is 126 Å². The maximum absolute atomic E-state index is 13.7. The highest BCUT2D eigenvalue weighted by molar-refractivity contribution is 6.07. The Kier molecular flexibility index (Phi) is 3.36. The van der Waals surface area contributed by atoms with Gasteiger partial charge >= 0.3 is 5.97 Å². The number of esters is 1. The van der Waals surface area contributed by atoms with E-state index in [1.165, 1.54) is 0 Å². The lowest BCUT2D eigenvalue weighted by Crippen LogP contribution is -1.98. The Morgan fingerprint density at radius 3 is 2.48 bits per heavy atom. The van der Waals surface area contributed by atoms with Gasteiger partial charge in [0.1, 0.15) is 28.8 Å². The molecule has 23 heavy (non-hydrogen) atoms. The maximum Gasteiger partial charge on any atom is 0.344 e. The predicted octanol–water partition coefficient (Wildman–Crippen LogP) is 3.68. The van der Waals surface area contributed by atoms with Gasteiger partial charge in [-0.3, -0.25) is 10.1 Å². The molecular weight excluding hydrogens is 315 g/mol. The second-order valence-electron chi connectivity index (χ2n) is 4.67. The van der Waals surface area contributed by atoms with Gasteiger partial charge in [-0.15, -0.1) is 0 Å². The smallest absolute Gasteiger partial charge is 0.344 e. The zero-order valence-electron chi connectivity index (χ0n) is 11.2. The van der Waals surface area contributed by atoms with Crippen molar-refractivity contribution in [2.75, 3.05) is 0 Å². The van der Waals surface area contributed by atoms with E-state index < -0.39 is 34.0 Å². The highest BCUT2D eigenvalue weighted by atomic mass is 19.1. The van der Waals surface area contributed by atoms with Gasteiger partial charge in [0, 0.05) is 11.6 Å². The molecule has 0 fully saturated rings. The van der Waals surface area contributed by atoms with E-state index in [1.807, 2.05) is 0 Å². The third-order valence-electron chi connectivity index (χ3n) is 3.20. The molecular formula is C15H6F3NO4. The van der Waals surface area contributed by atoms with Crippen LogP contribution >= 0.6 is 0 Å². The standard InChI is InChI=1S/C15H6F3NO4/c16-8-2-1-7(11(18)5-8)3-13-14-10(15(20)23-13)4-9(17)6-12(14)19(21)22/h1-6H/b13-3-. The van der Waals surface area contributed by atoms with Gasteiger partial charge in [-0.25, -0.2) is 18.0 Å². The van der Waals surface area contributed by atoms with E-state index in [2.05, 4.69) is 0 Å². The van der Waals surface area contributed by atoms with Crippen LogP contribution in [0.1, 0.15) is 21.5 Å². The Balaban J connectivity index is 2.21. The van der Waals surface area contributed by atoms with E-state index in [4.69, 9.17) is 4.74 Å². The third kappa shape index (κ3) is 2.54. The summed E-state index contributed by atoms with van der Waals surface area (Å²) in [5, 5.41) is 11.1. The van der Waals surface area contributed by atoms with Gasteiger partial charge in [0.05, 0.1) is 16.6 Å². The number of hydrogen-bond donors (Lipinski definition) is 0. The average Bonchev–Trinajstić information content (AvgIpc) is 2.77. The molecule has 2 aromatic carbocycles. The number of nitro groups is 1. The summed E-state index contributed by atoms with van der Waals surface area (Å²) in [5.74, 6) is -4.01. The molecule has 1 aliphatic rings. The fourth-order valence-electron chi connectivity index (χ4n) is 2.22. The largest absolute Gasteiger partial charge is 0.422 e. The van der Waals surface area contributed by atoms with Crippen molar-refractivity contribution < 1.29 is 27.6 Å². The van der Waals surface area contributed by atoms with Crippen LogP contribution in [-0.4, -0.2) is 10.9 Å². The van der Waals surface area contributed by atoms with Crippen LogP contribution in [0, 0.1) is 27.6 Å². The topological polar surface area (TPSA) is 69.4 Å². The molecule has 0 amide bonds. The number of carbonyl (C=O) groups excluding carboxylic acids is 1. The number of nitro benzene ring substituents is 1. The van der Waals surface area contributed by atoms with E-state index in [1.54, 1.807) is 0 Å². The van der Waals surface area contributed by atoms with Gasteiger partial charge in [-0.2, -0.15) is 0 Å². The zero-order valence-corrected chi connectivity index (χ0v) is 11.2. The monoisotopic (exact) mass is 321 g/mol. The minimum atomic E-state index is -0.989. The molecule has 0 unspecified atom stereocenters. The van der Waals surface area contributed by atoms with E-state index in [0.29, 0.717) is 12.1 Å². The fourth-order valence-corrected chi connectivity index (χ4v) is 2.22. The molecule has 1 heterocycles. The first-order valence-electron chi connectivity index (χ1n) is 6.24. The molecule has 0 aromatic heterocycles. The summed E-state index contributed by atoms with van der Waals surface area (Å²) in [6.07, 6.45) is 1.02. The van der Waals surface area contributed by atoms with E-state index >= 15 is 0 Å². The number of rotatable bonds is 2. The number of hydrogen-bond acceptors (Lipinski definition) is 4. The van der Waals surface area contributed by atoms with Crippen molar-refractivity contribution in [1.82, 2.24) is 0 Å². The van der Waals surface area contributed by atoms with Gasteiger partial charge in [0.25, 0.3) is 5.69 Å². The van der Waals surface area contributed by atoms with Gasteiger partial charge in [0.15, 0.2) is 0 Å². The summed E-state index contributed by atoms with van der Waals surface area (Å²) in [5.41, 5.74) is -1.39. The molecule has 0 radical (unpaired) electrons. The first kappa shape index (κ1) is 14.8. The highest BCUT2D eigenvalue weighted by Gasteiger charge is 2.35. The van der Waals surface area contributed by atoms with Crippen LogP contribution in [-0.2, 0) is 4.74 Å². The summed E-state index contributed by atoms with van der Waals surface area (Å²) in [7, 11) is 0. The van der Waals surface area contributed by atoms with Crippen molar-refractivity contribution in [3.63, 3.8) is 0 Å².